The molecule has 1 N–H and O–H groups in total. The monoisotopic (exact) mass is 391 g/mol. The van der Waals surface area contributed by atoms with Gasteiger partial charge in [0.1, 0.15) is 5.75 Å². The zero-order valence-electron chi connectivity index (χ0n) is 16.0. The quantitative estimate of drug-likeness (QED) is 0.397. The fourth-order valence-electron chi connectivity index (χ4n) is 3.33. The maximum Gasteiger partial charge on any atom is 0.216 e. The lowest BCUT2D eigenvalue weighted by molar-refractivity contribution is 0.341. The standard InChI is InChI=1S/C21H21N5OS/c1-4-27-19-12-8-6-10-16(19)20-23-24-21(28)26(20)22-13-17-14(2)25(3)18-11-7-5-9-15(17)18/h5-13H,4H2,1-3H3,(H,24,28)/b22-13-. The van der Waals surface area contributed by atoms with Gasteiger partial charge in [0, 0.05) is 29.2 Å². The largest absolute Gasteiger partial charge is 0.493 e. The highest BCUT2D eigenvalue weighted by atomic mass is 32.1. The van der Waals surface area contributed by atoms with E-state index >= 15 is 0 Å². The summed E-state index contributed by atoms with van der Waals surface area (Å²) < 4.78 is 9.97. The number of aromatic amines is 1. The first-order valence-electron chi connectivity index (χ1n) is 9.09. The molecule has 0 aliphatic heterocycles. The molecule has 0 saturated heterocycles. The fraction of sp³-hybridized carbons (Fsp3) is 0.190. The summed E-state index contributed by atoms with van der Waals surface area (Å²) in [5, 5.41) is 13.0. The van der Waals surface area contributed by atoms with E-state index in [1.165, 1.54) is 5.52 Å². The van der Waals surface area contributed by atoms with Crippen LogP contribution in [0.5, 0.6) is 5.75 Å². The van der Waals surface area contributed by atoms with Crippen LogP contribution in [0.25, 0.3) is 22.3 Å². The van der Waals surface area contributed by atoms with Crippen molar-refractivity contribution in [1.82, 2.24) is 19.4 Å². The Balaban J connectivity index is 1.83. The summed E-state index contributed by atoms with van der Waals surface area (Å²) in [5.41, 5.74) is 4.20. The van der Waals surface area contributed by atoms with Crippen molar-refractivity contribution < 1.29 is 4.74 Å². The van der Waals surface area contributed by atoms with Crippen molar-refractivity contribution in [2.75, 3.05) is 6.61 Å². The number of H-pyrrole nitrogens is 1. The van der Waals surface area contributed by atoms with Crippen molar-refractivity contribution in [3.05, 3.63) is 64.6 Å². The molecule has 7 heteroatoms. The summed E-state index contributed by atoms with van der Waals surface area (Å²) in [7, 11) is 2.06. The highest BCUT2D eigenvalue weighted by molar-refractivity contribution is 7.71. The van der Waals surface area contributed by atoms with Crippen LogP contribution in [0.1, 0.15) is 18.2 Å². The normalized spacial score (nSPS) is 11.5. The maximum atomic E-state index is 5.74. The summed E-state index contributed by atoms with van der Waals surface area (Å²) in [4.78, 5) is 0. The van der Waals surface area contributed by atoms with Gasteiger partial charge in [0.25, 0.3) is 0 Å². The number of para-hydroxylation sites is 2. The SMILES string of the molecule is CCOc1ccccc1-c1n[nH]c(=S)n1/N=C\c1c(C)n(C)c2ccccc12. The molecular weight excluding hydrogens is 370 g/mol. The molecule has 0 spiro atoms. The summed E-state index contributed by atoms with van der Waals surface area (Å²) in [5.74, 6) is 1.36. The Hall–Kier alpha value is -3.19. The number of ether oxygens (including phenoxy) is 1. The van der Waals surface area contributed by atoms with Gasteiger partial charge < -0.3 is 9.30 Å². The zero-order chi connectivity index (χ0) is 19.7. The number of fused-ring (bicyclic) bond motifs is 1. The molecule has 2 aromatic carbocycles. The van der Waals surface area contributed by atoms with E-state index < -0.39 is 0 Å². The summed E-state index contributed by atoms with van der Waals surface area (Å²) in [6, 6.07) is 16.0. The Bertz CT molecular complexity index is 1230. The van der Waals surface area contributed by atoms with Crippen LogP contribution in [0.3, 0.4) is 0 Å². The lowest BCUT2D eigenvalue weighted by Crippen LogP contribution is -1.99. The summed E-state index contributed by atoms with van der Waals surface area (Å²) in [6.45, 7) is 4.61. The van der Waals surface area contributed by atoms with E-state index in [-0.39, 0.29) is 0 Å². The molecule has 0 atom stereocenters. The second kappa shape index (κ2) is 7.44. The topological polar surface area (TPSA) is 60.1 Å². The van der Waals surface area contributed by atoms with Crippen LogP contribution in [0.4, 0.5) is 0 Å². The molecule has 0 bridgehead atoms. The first-order chi connectivity index (χ1) is 13.6. The minimum absolute atomic E-state index is 0.426. The number of nitrogens with one attached hydrogen (secondary N) is 1. The Labute approximate surface area is 168 Å². The molecule has 0 aliphatic carbocycles. The highest BCUT2D eigenvalue weighted by Crippen LogP contribution is 2.29. The van der Waals surface area contributed by atoms with E-state index in [0.29, 0.717) is 17.2 Å². The van der Waals surface area contributed by atoms with Crippen molar-refractivity contribution in [2.24, 2.45) is 12.1 Å². The third-order valence-electron chi connectivity index (χ3n) is 4.83. The predicted molar refractivity (Wildman–Crippen MR) is 115 cm³/mol. The maximum absolute atomic E-state index is 5.74. The molecular formula is C21H21N5OS. The second-order valence-electron chi connectivity index (χ2n) is 6.41. The van der Waals surface area contributed by atoms with E-state index in [4.69, 9.17) is 17.0 Å². The van der Waals surface area contributed by atoms with Crippen LogP contribution < -0.4 is 4.74 Å². The molecule has 4 rings (SSSR count). The van der Waals surface area contributed by atoms with E-state index in [1.807, 2.05) is 49.5 Å². The number of nitrogens with zero attached hydrogens (tertiary/aromatic N) is 4. The Morgan fingerprint density at radius 3 is 2.75 bits per heavy atom. The minimum Gasteiger partial charge on any atom is -0.493 e. The van der Waals surface area contributed by atoms with E-state index in [9.17, 15) is 0 Å². The van der Waals surface area contributed by atoms with E-state index in [0.717, 1.165) is 28.0 Å². The van der Waals surface area contributed by atoms with Crippen LogP contribution in [-0.2, 0) is 7.05 Å². The van der Waals surface area contributed by atoms with E-state index in [1.54, 1.807) is 4.68 Å². The smallest absolute Gasteiger partial charge is 0.216 e. The third kappa shape index (κ3) is 3.03. The zero-order valence-corrected chi connectivity index (χ0v) is 16.8. The third-order valence-corrected chi connectivity index (χ3v) is 5.09. The van der Waals surface area contributed by atoms with Gasteiger partial charge in [-0.1, -0.05) is 30.3 Å². The number of hydrogen-bond acceptors (Lipinski definition) is 4. The van der Waals surface area contributed by atoms with Crippen molar-refractivity contribution in [2.45, 2.75) is 13.8 Å². The number of aryl methyl sites for hydroxylation is 1. The molecule has 142 valence electrons. The fourth-order valence-corrected chi connectivity index (χ4v) is 3.51. The van der Waals surface area contributed by atoms with Gasteiger partial charge in [0.05, 0.1) is 18.4 Å². The van der Waals surface area contributed by atoms with Gasteiger partial charge >= 0.3 is 0 Å². The molecule has 4 aromatic rings. The number of aromatic nitrogens is 4. The predicted octanol–water partition coefficient (Wildman–Crippen LogP) is 4.69. The van der Waals surface area contributed by atoms with Gasteiger partial charge in [-0.2, -0.15) is 14.9 Å². The Kier molecular flexibility index (Phi) is 4.83. The van der Waals surface area contributed by atoms with Gasteiger partial charge in [-0.15, -0.1) is 0 Å². The Morgan fingerprint density at radius 2 is 1.93 bits per heavy atom. The summed E-state index contributed by atoms with van der Waals surface area (Å²) in [6.07, 6.45) is 1.84. The van der Waals surface area contributed by atoms with Crippen LogP contribution in [0.2, 0.25) is 0 Å². The highest BCUT2D eigenvalue weighted by Gasteiger charge is 2.14. The van der Waals surface area contributed by atoms with Crippen molar-refractivity contribution in [1.29, 1.82) is 0 Å². The molecule has 0 amide bonds. The molecule has 6 nitrogen and oxygen atoms in total. The molecule has 0 aliphatic rings. The number of hydrogen-bond donors (Lipinski definition) is 1. The minimum atomic E-state index is 0.426. The van der Waals surface area contributed by atoms with Crippen molar-refractivity contribution in [3.8, 4) is 17.1 Å². The number of rotatable bonds is 5. The van der Waals surface area contributed by atoms with Crippen LogP contribution in [-0.4, -0.2) is 32.3 Å². The first kappa shape index (κ1) is 18.2. The molecule has 0 unspecified atom stereocenters. The van der Waals surface area contributed by atoms with Gasteiger partial charge in [0.15, 0.2) is 5.82 Å². The van der Waals surface area contributed by atoms with Crippen LogP contribution in [0.15, 0.2) is 53.6 Å². The van der Waals surface area contributed by atoms with Crippen LogP contribution >= 0.6 is 12.2 Å². The van der Waals surface area contributed by atoms with E-state index in [2.05, 4.69) is 46.0 Å². The first-order valence-corrected chi connectivity index (χ1v) is 9.50. The lowest BCUT2D eigenvalue weighted by atomic mass is 10.1. The van der Waals surface area contributed by atoms with Crippen molar-refractivity contribution >= 4 is 29.3 Å². The molecule has 0 fully saturated rings. The van der Waals surface area contributed by atoms with Gasteiger partial charge in [-0.3, -0.25) is 0 Å². The average molecular weight is 392 g/mol. The summed E-state index contributed by atoms with van der Waals surface area (Å²) >= 11 is 5.42. The van der Waals surface area contributed by atoms with Gasteiger partial charge in [-0.25, -0.2) is 5.10 Å². The Morgan fingerprint density at radius 1 is 1.18 bits per heavy atom. The van der Waals surface area contributed by atoms with Crippen LogP contribution in [0, 0.1) is 11.7 Å². The second-order valence-corrected chi connectivity index (χ2v) is 6.80. The molecule has 28 heavy (non-hydrogen) atoms. The van der Waals surface area contributed by atoms with Crippen molar-refractivity contribution in [3.63, 3.8) is 0 Å². The molecule has 0 saturated carbocycles. The van der Waals surface area contributed by atoms with Gasteiger partial charge in [0.2, 0.25) is 4.77 Å². The molecule has 2 heterocycles. The number of benzene rings is 2. The van der Waals surface area contributed by atoms with Gasteiger partial charge in [-0.05, 0) is 44.3 Å². The average Bonchev–Trinajstić information content (AvgIpc) is 3.19. The lowest BCUT2D eigenvalue weighted by Gasteiger charge is -2.08. The molecule has 2 aromatic heterocycles. The molecule has 0 radical (unpaired) electrons.